The molecule has 0 atom stereocenters. The van der Waals surface area contributed by atoms with Crippen LogP contribution in [0, 0.1) is 21.7 Å². The minimum absolute atomic E-state index is 0. The third-order valence-corrected chi connectivity index (χ3v) is 10.9. The van der Waals surface area contributed by atoms with Gasteiger partial charge in [-0.3, -0.25) is 0 Å². The molecular weight excluding hydrogens is 599 g/mol. The fourth-order valence-corrected chi connectivity index (χ4v) is 11.0. The van der Waals surface area contributed by atoms with Crippen LogP contribution in [0.4, 0.5) is 22.7 Å². The number of hydrogen-bond donors (Lipinski definition) is 0. The van der Waals surface area contributed by atoms with Crippen molar-refractivity contribution in [3.8, 4) is 0 Å². The summed E-state index contributed by atoms with van der Waals surface area (Å²) in [5.41, 5.74) is 6.30. The summed E-state index contributed by atoms with van der Waals surface area (Å²) in [6, 6.07) is 17.4. The summed E-state index contributed by atoms with van der Waals surface area (Å²) < 4.78 is 21.9. The van der Waals surface area contributed by atoms with Crippen LogP contribution < -0.4 is 77.4 Å². The third-order valence-electron chi connectivity index (χ3n) is 6.75. The first-order valence-electron chi connectivity index (χ1n) is 15.3. The fraction of sp³-hybridized carbons (Fsp3) is 0.647. The van der Waals surface area contributed by atoms with Crippen molar-refractivity contribution in [2.24, 2.45) is 21.7 Å². The molecule has 4 rings (SSSR count). The summed E-state index contributed by atoms with van der Waals surface area (Å²) in [6.45, 7) is 31.5. The van der Waals surface area contributed by atoms with Gasteiger partial charge in [-0.2, -0.15) is 0 Å². The number of benzene rings is 2. The summed E-state index contributed by atoms with van der Waals surface area (Å²) in [4.78, 5) is 0. The molecule has 0 radical (unpaired) electrons. The van der Waals surface area contributed by atoms with E-state index in [4.69, 9.17) is 8.85 Å². The van der Waals surface area contributed by atoms with Gasteiger partial charge >= 0.3 is 59.1 Å². The number of fused-ring (bicyclic) bond motifs is 2. The molecule has 2 aromatic rings. The first-order chi connectivity index (χ1) is 19.2. The van der Waals surface area contributed by atoms with Crippen molar-refractivity contribution in [2.45, 2.75) is 83.1 Å². The summed E-state index contributed by atoms with van der Waals surface area (Å²) in [7, 11) is 1.34. The second kappa shape index (κ2) is 16.4. The first-order valence-corrected chi connectivity index (χ1v) is 18.0. The van der Waals surface area contributed by atoms with Crippen molar-refractivity contribution in [3.05, 3.63) is 48.5 Å². The number of rotatable bonds is 6. The fourth-order valence-electron chi connectivity index (χ4n) is 5.49. The summed E-state index contributed by atoms with van der Waals surface area (Å²) in [5, 5.41) is 0. The Morgan fingerprint density at radius 2 is 0.614 bits per heavy atom. The van der Waals surface area contributed by atoms with Gasteiger partial charge in [-0.1, -0.05) is 107 Å². The van der Waals surface area contributed by atoms with Crippen molar-refractivity contribution >= 4 is 41.5 Å². The molecule has 2 heterocycles. The van der Waals surface area contributed by atoms with Crippen molar-refractivity contribution in [2.75, 3.05) is 58.7 Å². The largest absolute Gasteiger partial charge is 1.00 e. The van der Waals surface area contributed by atoms with E-state index in [0.717, 1.165) is 26.2 Å². The van der Waals surface area contributed by atoms with Crippen molar-refractivity contribution in [1.82, 2.24) is 0 Å². The normalized spacial score (nSPS) is 15.8. The van der Waals surface area contributed by atoms with Gasteiger partial charge in [0.25, 0.3) is 0 Å². The average molecular weight is 657 g/mol. The molecule has 0 amide bonds. The van der Waals surface area contributed by atoms with Gasteiger partial charge in [-0.05, 0) is 86.3 Å². The molecule has 6 nitrogen and oxygen atoms in total. The monoisotopic (exact) mass is 656 g/mol. The summed E-state index contributed by atoms with van der Waals surface area (Å²) >= 11 is 0. The van der Waals surface area contributed by atoms with E-state index >= 15 is 0 Å². The van der Waals surface area contributed by atoms with E-state index in [1.165, 1.54) is 22.7 Å². The SMILES string of the molecule is CO[Si-]1N(CC(C)(C)C)c2ccccc2N1CC(C)(C)C.CO[Si-]1N(CC(C)(C)C)c2ccccc2N1CC(C)(C)C.[Na+].[Na+]. The molecule has 0 N–H and O–H groups in total. The van der Waals surface area contributed by atoms with Crippen LogP contribution in [-0.2, 0) is 8.85 Å². The summed E-state index contributed by atoms with van der Waals surface area (Å²) in [6.07, 6.45) is 0. The smallest absolute Gasteiger partial charge is 0.553 e. The van der Waals surface area contributed by atoms with Crippen LogP contribution in [0.25, 0.3) is 0 Å². The zero-order valence-corrected chi connectivity index (χ0v) is 37.1. The van der Waals surface area contributed by atoms with Gasteiger partial charge in [0, 0.05) is 22.7 Å². The zero-order chi connectivity index (χ0) is 31.7. The van der Waals surface area contributed by atoms with Crippen LogP contribution in [0.15, 0.2) is 48.5 Å². The predicted molar refractivity (Wildman–Crippen MR) is 186 cm³/mol. The molecule has 0 aliphatic carbocycles. The van der Waals surface area contributed by atoms with Gasteiger partial charge in [0.2, 0.25) is 0 Å². The van der Waals surface area contributed by atoms with E-state index in [1.807, 2.05) is 14.2 Å². The van der Waals surface area contributed by atoms with Crippen LogP contribution in [0.5, 0.6) is 0 Å². The Bertz CT molecular complexity index is 998. The maximum absolute atomic E-state index is 5.96. The second-order valence-electron chi connectivity index (χ2n) is 16.5. The molecule has 0 saturated heterocycles. The molecule has 0 bridgehead atoms. The Balaban J connectivity index is 0.000000421. The standard InChI is InChI=1S/2C17H29N2OSi.2Na/c2*1-16(2,3)12-18-14-10-8-9-11-15(14)19(21(18)20-7)13-17(4,5)6;;/h2*8-11H,12-13H2,1-7H3;;/q2*-1;2*+1. The van der Waals surface area contributed by atoms with Crippen LogP contribution in [0.3, 0.4) is 0 Å². The Labute approximate surface area is 318 Å². The van der Waals surface area contributed by atoms with Gasteiger partial charge in [0.1, 0.15) is 18.7 Å². The second-order valence-corrected chi connectivity index (χ2v) is 20.6. The molecule has 0 unspecified atom stereocenters. The van der Waals surface area contributed by atoms with Gasteiger partial charge < -0.3 is 27.1 Å². The first kappa shape index (κ1) is 42.0. The molecule has 2 aliphatic rings. The number of anilines is 4. The van der Waals surface area contributed by atoms with Gasteiger partial charge in [-0.15, -0.1) is 0 Å². The van der Waals surface area contributed by atoms with E-state index in [2.05, 4.69) is 150 Å². The van der Waals surface area contributed by atoms with E-state index in [1.54, 1.807) is 0 Å². The van der Waals surface area contributed by atoms with E-state index < -0.39 is 18.7 Å². The predicted octanol–water partition coefficient (Wildman–Crippen LogP) is 2.08. The quantitative estimate of drug-likeness (QED) is 0.443. The van der Waals surface area contributed by atoms with E-state index in [9.17, 15) is 0 Å². The van der Waals surface area contributed by atoms with Crippen molar-refractivity contribution in [1.29, 1.82) is 0 Å². The van der Waals surface area contributed by atoms with Crippen LogP contribution in [0.2, 0.25) is 0 Å². The zero-order valence-electron chi connectivity index (χ0n) is 31.1. The molecule has 10 heteroatoms. The van der Waals surface area contributed by atoms with Crippen molar-refractivity contribution in [3.63, 3.8) is 0 Å². The van der Waals surface area contributed by atoms with Gasteiger partial charge in [0.15, 0.2) is 0 Å². The van der Waals surface area contributed by atoms with E-state index in [0.29, 0.717) is 0 Å². The van der Waals surface area contributed by atoms with Crippen LogP contribution >= 0.6 is 0 Å². The van der Waals surface area contributed by atoms with Gasteiger partial charge in [-0.25, -0.2) is 0 Å². The molecule has 2 aliphatic heterocycles. The Morgan fingerprint density at radius 1 is 0.432 bits per heavy atom. The summed E-state index contributed by atoms with van der Waals surface area (Å²) in [5.74, 6) is 0. The van der Waals surface area contributed by atoms with E-state index in [-0.39, 0.29) is 80.8 Å². The van der Waals surface area contributed by atoms with Crippen molar-refractivity contribution < 1.29 is 68.0 Å². The Morgan fingerprint density at radius 3 is 0.750 bits per heavy atom. The number of para-hydroxylation sites is 4. The minimum Gasteiger partial charge on any atom is -0.553 e. The molecule has 44 heavy (non-hydrogen) atoms. The minimum atomic E-state index is -1.18. The third kappa shape index (κ3) is 11.6. The van der Waals surface area contributed by atoms with Gasteiger partial charge in [0.05, 0.1) is 0 Å². The van der Waals surface area contributed by atoms with Crippen LogP contribution in [0.1, 0.15) is 83.1 Å². The molecule has 236 valence electrons. The topological polar surface area (TPSA) is 31.4 Å². The van der Waals surface area contributed by atoms with Crippen LogP contribution in [-0.4, -0.2) is 59.1 Å². The maximum atomic E-state index is 5.96. The Kier molecular flexibility index (Phi) is 15.7. The molecule has 0 fully saturated rings. The molecular formula is C34H58N4Na2O2Si2. The average Bonchev–Trinajstić information content (AvgIpc) is 3.27. The molecule has 0 spiro atoms. The molecule has 2 aromatic carbocycles. The molecule has 0 aromatic heterocycles. The number of hydrogen-bond acceptors (Lipinski definition) is 6. The number of nitrogens with zero attached hydrogens (tertiary/aromatic N) is 4. The Hall–Kier alpha value is -0.00623. The molecule has 0 saturated carbocycles. The maximum Gasteiger partial charge on any atom is 1.00 e.